The Morgan fingerprint density at radius 1 is 1.18 bits per heavy atom. The van der Waals surface area contributed by atoms with Gasteiger partial charge < -0.3 is 4.74 Å². The molecule has 0 N–H and O–H groups in total. The molecule has 1 aliphatic carbocycles. The second-order valence-corrected chi connectivity index (χ2v) is 6.73. The van der Waals surface area contributed by atoms with Crippen molar-refractivity contribution in [3.05, 3.63) is 63.1 Å². The van der Waals surface area contributed by atoms with Crippen molar-refractivity contribution in [2.45, 2.75) is 19.8 Å². The van der Waals surface area contributed by atoms with Gasteiger partial charge in [0, 0.05) is 11.0 Å². The lowest BCUT2D eigenvalue weighted by molar-refractivity contribution is 0.0842. The average molecular weight is 335 g/mol. The molecule has 22 heavy (non-hydrogen) atoms. The fraction of sp³-hybridized carbons (Fsp3) is 0.278. The lowest BCUT2D eigenvalue weighted by atomic mass is 9.80. The summed E-state index contributed by atoms with van der Waals surface area (Å²) in [5, 5.41) is 0.609. The van der Waals surface area contributed by atoms with Crippen LogP contribution < -0.4 is 4.74 Å². The van der Waals surface area contributed by atoms with E-state index >= 15 is 0 Å². The Morgan fingerprint density at radius 3 is 2.50 bits per heavy atom. The Labute approximate surface area is 140 Å². The van der Waals surface area contributed by atoms with Crippen LogP contribution in [0.3, 0.4) is 0 Å². The van der Waals surface area contributed by atoms with Gasteiger partial charge >= 0.3 is 0 Å². The summed E-state index contributed by atoms with van der Waals surface area (Å²) >= 11 is 12.5. The second kappa shape index (κ2) is 5.60. The van der Waals surface area contributed by atoms with Crippen molar-refractivity contribution in [3.8, 4) is 5.75 Å². The molecule has 0 aromatic heterocycles. The van der Waals surface area contributed by atoms with Gasteiger partial charge in [-0.3, -0.25) is 4.79 Å². The van der Waals surface area contributed by atoms with E-state index in [2.05, 4.69) is 0 Å². The van der Waals surface area contributed by atoms with E-state index in [1.807, 2.05) is 43.3 Å². The van der Waals surface area contributed by atoms with Crippen molar-refractivity contribution < 1.29 is 9.53 Å². The molecule has 4 heteroatoms. The van der Waals surface area contributed by atoms with Crippen molar-refractivity contribution in [2.75, 3.05) is 7.11 Å². The normalized spacial score (nSPS) is 20.1. The molecule has 0 bridgehead atoms. The summed E-state index contributed by atoms with van der Waals surface area (Å²) in [6, 6.07) is 11.8. The van der Waals surface area contributed by atoms with Crippen LogP contribution in [0.1, 0.15) is 28.4 Å². The molecule has 0 aliphatic heterocycles. The third kappa shape index (κ3) is 2.41. The molecule has 0 saturated carbocycles. The van der Waals surface area contributed by atoms with Gasteiger partial charge in [0.25, 0.3) is 0 Å². The molecule has 1 aliphatic rings. The summed E-state index contributed by atoms with van der Waals surface area (Å²) in [7, 11) is 1.55. The lowest BCUT2D eigenvalue weighted by Crippen LogP contribution is -2.26. The first kappa shape index (κ1) is 15.4. The van der Waals surface area contributed by atoms with E-state index in [0.717, 1.165) is 11.1 Å². The fourth-order valence-electron chi connectivity index (χ4n) is 3.18. The predicted molar refractivity (Wildman–Crippen MR) is 89.3 cm³/mol. The third-order valence-electron chi connectivity index (χ3n) is 4.27. The molecule has 1 atom stereocenters. The van der Waals surface area contributed by atoms with Crippen LogP contribution in [0.15, 0.2) is 36.4 Å². The number of methoxy groups -OCH3 is 1. The first-order chi connectivity index (χ1) is 10.5. The van der Waals surface area contributed by atoms with E-state index < -0.39 is 5.41 Å². The minimum absolute atomic E-state index is 0.0564. The zero-order chi connectivity index (χ0) is 15.9. The van der Waals surface area contributed by atoms with Crippen LogP contribution >= 0.6 is 23.2 Å². The van der Waals surface area contributed by atoms with Crippen LogP contribution in [0, 0.1) is 5.41 Å². The van der Waals surface area contributed by atoms with E-state index in [1.165, 1.54) is 0 Å². The fourth-order valence-corrected chi connectivity index (χ4v) is 3.70. The van der Waals surface area contributed by atoms with Crippen molar-refractivity contribution in [3.63, 3.8) is 0 Å². The summed E-state index contributed by atoms with van der Waals surface area (Å²) in [5.41, 5.74) is 2.10. The Balaban J connectivity index is 2.02. The number of halogens is 2. The topological polar surface area (TPSA) is 26.3 Å². The smallest absolute Gasteiger partial charge is 0.171 e. The number of carbonyl (C=O) groups is 1. The maximum absolute atomic E-state index is 12.9. The maximum Gasteiger partial charge on any atom is 0.171 e. The number of benzene rings is 2. The summed E-state index contributed by atoms with van der Waals surface area (Å²) in [5.74, 6) is 0.572. The number of carbonyl (C=O) groups excluding carboxylic acids is 1. The van der Waals surface area contributed by atoms with Gasteiger partial charge in [-0.05, 0) is 30.0 Å². The van der Waals surface area contributed by atoms with Crippen molar-refractivity contribution in [2.24, 2.45) is 5.41 Å². The number of fused-ring (bicyclic) bond motifs is 1. The van der Waals surface area contributed by atoms with E-state index in [0.29, 0.717) is 34.2 Å². The molecule has 2 nitrogen and oxygen atoms in total. The number of hydrogen-bond donors (Lipinski definition) is 0. The van der Waals surface area contributed by atoms with Gasteiger partial charge in [-0.1, -0.05) is 60.5 Å². The molecule has 0 amide bonds. The van der Waals surface area contributed by atoms with Crippen molar-refractivity contribution in [1.29, 1.82) is 0 Å². The molecule has 1 unspecified atom stereocenters. The number of hydrogen-bond acceptors (Lipinski definition) is 2. The minimum atomic E-state index is -0.497. The average Bonchev–Trinajstić information content (AvgIpc) is 2.75. The molecule has 3 rings (SSSR count). The molecule has 2 aromatic rings. The third-order valence-corrected chi connectivity index (χ3v) is 5.12. The number of ether oxygens (including phenoxy) is 1. The quantitative estimate of drug-likeness (QED) is 0.790. The molecule has 0 radical (unpaired) electrons. The van der Waals surface area contributed by atoms with Crippen LogP contribution in [0.2, 0.25) is 10.0 Å². The first-order valence-corrected chi connectivity index (χ1v) is 7.85. The van der Waals surface area contributed by atoms with Gasteiger partial charge in [-0.2, -0.15) is 0 Å². The van der Waals surface area contributed by atoms with Gasteiger partial charge in [0.05, 0.1) is 12.1 Å². The summed E-state index contributed by atoms with van der Waals surface area (Å²) in [4.78, 5) is 12.9. The van der Waals surface area contributed by atoms with Crippen molar-refractivity contribution >= 4 is 29.0 Å². The zero-order valence-corrected chi connectivity index (χ0v) is 14.0. The number of Topliss-reactive ketones (excluding diaryl/α,β-unsaturated/α-hetero) is 1. The molecule has 2 aromatic carbocycles. The Kier molecular flexibility index (Phi) is 3.92. The largest absolute Gasteiger partial charge is 0.495 e. The molecule has 0 heterocycles. The SMILES string of the molecule is COc1cc2c(c(Cl)c1Cl)C(=O)C(C)(Cc1ccccc1)C2. The predicted octanol–water partition coefficient (Wildman–Crippen LogP) is 4.99. The molecular weight excluding hydrogens is 319 g/mol. The van der Waals surface area contributed by atoms with Crippen LogP contribution in [-0.4, -0.2) is 12.9 Å². The van der Waals surface area contributed by atoms with Gasteiger partial charge in [0.2, 0.25) is 0 Å². The minimum Gasteiger partial charge on any atom is -0.495 e. The lowest BCUT2D eigenvalue weighted by Gasteiger charge is -2.21. The van der Waals surface area contributed by atoms with Gasteiger partial charge in [-0.25, -0.2) is 0 Å². The van der Waals surface area contributed by atoms with Crippen molar-refractivity contribution in [1.82, 2.24) is 0 Å². The first-order valence-electron chi connectivity index (χ1n) is 7.10. The second-order valence-electron chi connectivity index (χ2n) is 5.97. The van der Waals surface area contributed by atoms with Crippen LogP contribution in [0.4, 0.5) is 0 Å². The molecule has 0 saturated heterocycles. The molecule has 114 valence electrons. The standard InChI is InChI=1S/C18H16Cl2O2/c1-18(9-11-6-4-3-5-7-11)10-12-8-13(22-2)15(19)16(20)14(12)17(18)21/h3-8H,9-10H2,1-2H3. The van der Waals surface area contributed by atoms with E-state index in [9.17, 15) is 4.79 Å². The van der Waals surface area contributed by atoms with Gasteiger partial charge in [0.1, 0.15) is 10.8 Å². The molecule has 0 fully saturated rings. The summed E-state index contributed by atoms with van der Waals surface area (Å²) < 4.78 is 5.25. The van der Waals surface area contributed by atoms with E-state index in [1.54, 1.807) is 7.11 Å². The number of rotatable bonds is 3. The van der Waals surface area contributed by atoms with Crippen LogP contribution in [0.5, 0.6) is 5.75 Å². The molecule has 0 spiro atoms. The maximum atomic E-state index is 12.9. The highest BCUT2D eigenvalue weighted by Gasteiger charge is 2.43. The van der Waals surface area contributed by atoms with Gasteiger partial charge in [0.15, 0.2) is 5.78 Å². The summed E-state index contributed by atoms with van der Waals surface area (Å²) in [6.45, 7) is 1.99. The highest BCUT2D eigenvalue weighted by molar-refractivity contribution is 6.45. The monoisotopic (exact) mass is 334 g/mol. The highest BCUT2D eigenvalue weighted by Crippen LogP contribution is 2.47. The Morgan fingerprint density at radius 2 is 1.86 bits per heavy atom. The Bertz CT molecular complexity index is 740. The van der Waals surface area contributed by atoms with E-state index in [4.69, 9.17) is 27.9 Å². The number of ketones is 1. The molecular formula is C18H16Cl2O2. The zero-order valence-electron chi connectivity index (χ0n) is 12.5. The van der Waals surface area contributed by atoms with Gasteiger partial charge in [-0.15, -0.1) is 0 Å². The van der Waals surface area contributed by atoms with Crippen LogP contribution in [-0.2, 0) is 12.8 Å². The highest BCUT2D eigenvalue weighted by atomic mass is 35.5. The van der Waals surface area contributed by atoms with Crippen LogP contribution in [0.25, 0.3) is 0 Å². The van der Waals surface area contributed by atoms with E-state index in [-0.39, 0.29) is 5.78 Å². The summed E-state index contributed by atoms with van der Waals surface area (Å²) in [6.07, 6.45) is 1.32. The Hall–Kier alpha value is -1.51.